The summed E-state index contributed by atoms with van der Waals surface area (Å²) < 4.78 is 30.2. The summed E-state index contributed by atoms with van der Waals surface area (Å²) in [6.45, 7) is 1.65. The fraction of sp³-hybridized carbons (Fsp3) is 0.667. The summed E-state index contributed by atoms with van der Waals surface area (Å²) in [4.78, 5) is 0. The number of aromatic nitrogens is 2. The molecule has 5 heteroatoms. The van der Waals surface area contributed by atoms with Crippen molar-refractivity contribution in [3.05, 3.63) is 18.0 Å². The zero-order chi connectivity index (χ0) is 10.6. The van der Waals surface area contributed by atoms with Gasteiger partial charge in [0, 0.05) is 6.20 Å². The Morgan fingerprint density at radius 2 is 2.29 bits per heavy atom. The van der Waals surface area contributed by atoms with E-state index in [4.69, 9.17) is 4.74 Å². The summed E-state index contributed by atoms with van der Waals surface area (Å²) in [5.74, 6) is 0. The number of hydrogen-bond donors (Lipinski definition) is 0. The van der Waals surface area contributed by atoms with Gasteiger partial charge in [-0.3, -0.25) is 0 Å². The lowest BCUT2D eigenvalue weighted by atomic mass is 10.3. The van der Waals surface area contributed by atoms with Gasteiger partial charge in [-0.2, -0.15) is 13.9 Å². The molecule has 0 aromatic carbocycles. The van der Waals surface area contributed by atoms with Crippen LogP contribution in [0, 0.1) is 0 Å². The molecule has 1 heterocycles. The van der Waals surface area contributed by atoms with E-state index in [1.807, 2.05) is 13.8 Å². The first-order valence-corrected chi connectivity index (χ1v) is 4.57. The smallest absolute Gasteiger partial charge is 0.333 e. The summed E-state index contributed by atoms with van der Waals surface area (Å²) >= 11 is 0. The van der Waals surface area contributed by atoms with E-state index in [1.54, 1.807) is 0 Å². The molecule has 1 atom stereocenters. The summed E-state index contributed by atoms with van der Waals surface area (Å²) in [5.41, 5.74) is 0.533. The molecule has 0 saturated carbocycles. The molecule has 3 nitrogen and oxygen atoms in total. The first-order valence-electron chi connectivity index (χ1n) is 4.57. The highest BCUT2D eigenvalue weighted by molar-refractivity contribution is 4.97. The topological polar surface area (TPSA) is 27.1 Å². The minimum Gasteiger partial charge on any atom is -0.372 e. The number of nitrogens with zero attached hydrogens (tertiary/aromatic N) is 2. The number of hydrogen-bond acceptors (Lipinski definition) is 2. The van der Waals surface area contributed by atoms with Gasteiger partial charge in [0.2, 0.25) is 0 Å². The Kier molecular flexibility index (Phi) is 4.00. The van der Waals surface area contributed by atoms with E-state index in [-0.39, 0.29) is 12.7 Å². The van der Waals surface area contributed by atoms with Crippen LogP contribution in [-0.2, 0) is 11.3 Å². The fourth-order valence-electron chi connectivity index (χ4n) is 0.909. The van der Waals surface area contributed by atoms with Crippen LogP contribution >= 0.6 is 0 Å². The normalized spacial score (nSPS) is 13.5. The van der Waals surface area contributed by atoms with Gasteiger partial charge < -0.3 is 4.74 Å². The summed E-state index contributed by atoms with van der Waals surface area (Å²) in [5, 5.41) is 3.66. The highest BCUT2D eigenvalue weighted by Crippen LogP contribution is 2.10. The van der Waals surface area contributed by atoms with Crippen LogP contribution in [0.3, 0.4) is 0 Å². The molecule has 14 heavy (non-hydrogen) atoms. The van der Waals surface area contributed by atoms with Crippen molar-refractivity contribution in [3.63, 3.8) is 0 Å². The molecule has 0 aliphatic heterocycles. The Balaban J connectivity index is 2.44. The number of ether oxygens (including phenoxy) is 1. The second-order valence-corrected chi connectivity index (χ2v) is 3.09. The second kappa shape index (κ2) is 5.05. The van der Waals surface area contributed by atoms with E-state index in [9.17, 15) is 8.78 Å². The van der Waals surface area contributed by atoms with Gasteiger partial charge in [-0.25, -0.2) is 4.68 Å². The Labute approximate surface area is 81.7 Å². The molecule has 0 radical (unpaired) electrons. The molecule has 1 rings (SSSR count). The first-order chi connectivity index (χ1) is 6.63. The van der Waals surface area contributed by atoms with E-state index in [1.165, 1.54) is 12.3 Å². The maximum Gasteiger partial charge on any atom is 0.333 e. The van der Waals surface area contributed by atoms with Crippen LogP contribution in [0.4, 0.5) is 8.78 Å². The summed E-state index contributed by atoms with van der Waals surface area (Å²) in [6.07, 6.45) is 2.28. The second-order valence-electron chi connectivity index (χ2n) is 3.09. The van der Waals surface area contributed by atoms with Crippen molar-refractivity contribution < 1.29 is 13.5 Å². The number of alkyl halides is 2. The Bertz CT molecular complexity index is 276. The van der Waals surface area contributed by atoms with Gasteiger partial charge in [-0.1, -0.05) is 6.92 Å². The lowest BCUT2D eigenvalue weighted by Gasteiger charge is -2.08. The molecule has 0 N–H and O–H groups in total. The Morgan fingerprint density at radius 1 is 1.57 bits per heavy atom. The standard InChI is InChI=1S/C9H14F2N2O/c1-3-7(2)14-6-8-4-5-13(12-8)9(10)11/h4-5,7,9H,3,6H2,1-2H3. The van der Waals surface area contributed by atoms with Gasteiger partial charge in [0.05, 0.1) is 18.4 Å². The zero-order valence-corrected chi connectivity index (χ0v) is 8.28. The predicted octanol–water partition coefficient (Wildman–Crippen LogP) is 2.59. The average molecular weight is 204 g/mol. The third-order valence-electron chi connectivity index (χ3n) is 1.95. The molecule has 1 unspecified atom stereocenters. The van der Waals surface area contributed by atoms with Gasteiger partial charge in [-0.15, -0.1) is 0 Å². The largest absolute Gasteiger partial charge is 0.372 e. The zero-order valence-electron chi connectivity index (χ0n) is 8.28. The molecule has 0 saturated heterocycles. The van der Waals surface area contributed by atoms with Crippen LogP contribution < -0.4 is 0 Å². The Morgan fingerprint density at radius 3 is 2.79 bits per heavy atom. The molecule has 0 spiro atoms. The number of rotatable bonds is 5. The molecule has 1 aromatic rings. The quantitative estimate of drug-likeness (QED) is 0.737. The molecule has 1 aromatic heterocycles. The van der Waals surface area contributed by atoms with Gasteiger partial charge in [-0.05, 0) is 19.4 Å². The van der Waals surface area contributed by atoms with Crippen molar-refractivity contribution in [2.45, 2.75) is 39.5 Å². The van der Waals surface area contributed by atoms with Crippen molar-refractivity contribution >= 4 is 0 Å². The molecule has 0 fully saturated rings. The molecule has 0 aliphatic rings. The van der Waals surface area contributed by atoms with Gasteiger partial charge in [0.25, 0.3) is 0 Å². The minimum atomic E-state index is -2.58. The highest BCUT2D eigenvalue weighted by Gasteiger charge is 2.08. The van der Waals surface area contributed by atoms with Crippen molar-refractivity contribution in [1.82, 2.24) is 9.78 Å². The van der Waals surface area contributed by atoms with E-state index in [0.29, 0.717) is 10.4 Å². The van der Waals surface area contributed by atoms with E-state index >= 15 is 0 Å². The lowest BCUT2D eigenvalue weighted by molar-refractivity contribution is 0.0414. The average Bonchev–Trinajstić information content (AvgIpc) is 2.62. The van der Waals surface area contributed by atoms with Crippen LogP contribution in [0.2, 0.25) is 0 Å². The van der Waals surface area contributed by atoms with Crippen LogP contribution in [0.5, 0.6) is 0 Å². The van der Waals surface area contributed by atoms with E-state index < -0.39 is 6.55 Å². The molecule has 0 bridgehead atoms. The summed E-state index contributed by atoms with van der Waals surface area (Å²) in [7, 11) is 0. The molecular weight excluding hydrogens is 190 g/mol. The van der Waals surface area contributed by atoms with Crippen LogP contribution in [-0.4, -0.2) is 15.9 Å². The molecule has 80 valence electrons. The highest BCUT2D eigenvalue weighted by atomic mass is 19.3. The summed E-state index contributed by atoms with van der Waals surface area (Å²) in [6, 6.07) is 1.54. The van der Waals surface area contributed by atoms with Crippen LogP contribution in [0.1, 0.15) is 32.5 Å². The van der Waals surface area contributed by atoms with Crippen molar-refractivity contribution in [2.75, 3.05) is 0 Å². The third kappa shape index (κ3) is 3.06. The maximum absolute atomic E-state index is 12.1. The SMILES string of the molecule is CCC(C)OCc1ccn(C(F)F)n1. The third-order valence-corrected chi connectivity index (χ3v) is 1.95. The first kappa shape index (κ1) is 11.1. The Hall–Kier alpha value is -0.970. The van der Waals surface area contributed by atoms with Crippen LogP contribution in [0.15, 0.2) is 12.3 Å². The predicted molar refractivity (Wildman–Crippen MR) is 48.0 cm³/mol. The van der Waals surface area contributed by atoms with Crippen molar-refractivity contribution in [1.29, 1.82) is 0 Å². The van der Waals surface area contributed by atoms with Gasteiger partial charge in [0.15, 0.2) is 0 Å². The fourth-order valence-corrected chi connectivity index (χ4v) is 0.909. The molecule has 0 aliphatic carbocycles. The monoisotopic (exact) mass is 204 g/mol. The number of halogens is 2. The van der Waals surface area contributed by atoms with Crippen molar-refractivity contribution in [2.24, 2.45) is 0 Å². The molecular formula is C9H14F2N2O. The lowest BCUT2D eigenvalue weighted by Crippen LogP contribution is -2.07. The van der Waals surface area contributed by atoms with Gasteiger partial charge >= 0.3 is 6.55 Å². The van der Waals surface area contributed by atoms with E-state index in [2.05, 4.69) is 5.10 Å². The minimum absolute atomic E-state index is 0.131. The maximum atomic E-state index is 12.1. The van der Waals surface area contributed by atoms with Crippen molar-refractivity contribution in [3.8, 4) is 0 Å². The van der Waals surface area contributed by atoms with Crippen LogP contribution in [0.25, 0.3) is 0 Å². The van der Waals surface area contributed by atoms with Gasteiger partial charge in [0.1, 0.15) is 0 Å². The molecule has 0 amide bonds. The van der Waals surface area contributed by atoms with E-state index in [0.717, 1.165) is 6.42 Å².